The fourth-order valence-electron chi connectivity index (χ4n) is 3.71. The fourth-order valence-corrected chi connectivity index (χ4v) is 3.71. The third-order valence-electron chi connectivity index (χ3n) is 5.70. The van der Waals surface area contributed by atoms with E-state index in [1.807, 2.05) is 0 Å². The van der Waals surface area contributed by atoms with Crippen LogP contribution in [0.3, 0.4) is 0 Å². The minimum absolute atomic E-state index is 0.120. The molecule has 0 radical (unpaired) electrons. The molecule has 2 aromatic rings. The lowest BCUT2D eigenvalue weighted by atomic mass is 10.0. The third kappa shape index (κ3) is 8.30. The Kier molecular flexibility index (Phi) is 10.3. The monoisotopic (exact) mass is 533 g/mol. The number of carbonyl (C=O) groups excluding carboxylic acids is 3. The van der Waals surface area contributed by atoms with Crippen LogP contribution in [-0.2, 0) is 35.2 Å². The van der Waals surface area contributed by atoms with Crippen molar-refractivity contribution < 1.29 is 44.1 Å². The smallest absolute Gasteiger partial charge is 0.326 e. The molecular formula is C24H31N5O9. The van der Waals surface area contributed by atoms with Crippen molar-refractivity contribution in [2.24, 2.45) is 11.7 Å². The van der Waals surface area contributed by atoms with Gasteiger partial charge < -0.3 is 42.0 Å². The van der Waals surface area contributed by atoms with Gasteiger partial charge in [0, 0.05) is 23.5 Å². The summed E-state index contributed by atoms with van der Waals surface area (Å²) in [6.45, 7) is 3.11. The van der Waals surface area contributed by atoms with E-state index in [4.69, 9.17) is 10.8 Å². The van der Waals surface area contributed by atoms with Crippen molar-refractivity contribution in [3.63, 3.8) is 0 Å². The first-order valence-electron chi connectivity index (χ1n) is 11.7. The zero-order valence-corrected chi connectivity index (χ0v) is 20.8. The summed E-state index contributed by atoms with van der Waals surface area (Å²) in [4.78, 5) is 75.2. The molecule has 0 fully saturated rings. The summed E-state index contributed by atoms with van der Waals surface area (Å²) in [6.07, 6.45) is -0.0666. The fraction of sp³-hybridized carbons (Fsp3) is 0.417. The lowest BCUT2D eigenvalue weighted by Gasteiger charge is -2.26. The van der Waals surface area contributed by atoms with Crippen molar-refractivity contribution in [1.82, 2.24) is 20.9 Å². The number of benzene rings is 1. The van der Waals surface area contributed by atoms with Crippen LogP contribution >= 0.6 is 0 Å². The Bertz CT molecular complexity index is 1210. The van der Waals surface area contributed by atoms with Gasteiger partial charge in [-0.3, -0.25) is 24.0 Å². The SMILES string of the molecule is CC(C)C(NC(=O)C(N)CC(=O)O)C(=O)NC(CC(=O)O)C(=O)NC(Cc1c[nH]c2ccccc12)C(=O)O. The molecule has 4 atom stereocenters. The number of hydrogen-bond acceptors (Lipinski definition) is 7. The van der Waals surface area contributed by atoms with Crippen LogP contribution in [-0.4, -0.2) is 80.1 Å². The molecule has 1 aromatic carbocycles. The predicted molar refractivity (Wildman–Crippen MR) is 133 cm³/mol. The van der Waals surface area contributed by atoms with Crippen molar-refractivity contribution in [3.05, 3.63) is 36.0 Å². The molecule has 4 unspecified atom stereocenters. The van der Waals surface area contributed by atoms with Gasteiger partial charge in [-0.15, -0.1) is 0 Å². The minimum atomic E-state index is -1.67. The van der Waals surface area contributed by atoms with Crippen LogP contribution in [0.2, 0.25) is 0 Å². The predicted octanol–water partition coefficient (Wildman–Crippen LogP) is -0.818. The number of nitrogens with one attached hydrogen (secondary N) is 4. The van der Waals surface area contributed by atoms with E-state index in [1.165, 1.54) is 0 Å². The van der Waals surface area contributed by atoms with Crippen molar-refractivity contribution in [2.75, 3.05) is 0 Å². The summed E-state index contributed by atoms with van der Waals surface area (Å²) < 4.78 is 0. The Morgan fingerprint density at radius 2 is 1.45 bits per heavy atom. The number of amides is 3. The number of carbonyl (C=O) groups is 6. The average Bonchev–Trinajstić information content (AvgIpc) is 3.23. The average molecular weight is 534 g/mol. The zero-order valence-electron chi connectivity index (χ0n) is 20.8. The van der Waals surface area contributed by atoms with Crippen molar-refractivity contribution in [3.8, 4) is 0 Å². The molecular weight excluding hydrogens is 502 g/mol. The van der Waals surface area contributed by atoms with Crippen LogP contribution in [0.5, 0.6) is 0 Å². The van der Waals surface area contributed by atoms with Gasteiger partial charge in [-0.25, -0.2) is 4.79 Å². The molecule has 9 N–H and O–H groups in total. The number of hydrogen-bond donors (Lipinski definition) is 8. The Balaban J connectivity index is 2.17. The van der Waals surface area contributed by atoms with Crippen LogP contribution in [0, 0.1) is 5.92 Å². The second kappa shape index (κ2) is 13.2. The third-order valence-corrected chi connectivity index (χ3v) is 5.70. The summed E-state index contributed by atoms with van der Waals surface area (Å²) in [5.41, 5.74) is 6.90. The number of aromatic nitrogens is 1. The molecule has 2 rings (SSSR count). The molecule has 0 aliphatic carbocycles. The van der Waals surface area contributed by atoms with Gasteiger partial charge in [0.1, 0.15) is 18.1 Å². The molecule has 1 heterocycles. The highest BCUT2D eigenvalue weighted by molar-refractivity contribution is 5.96. The summed E-state index contributed by atoms with van der Waals surface area (Å²) >= 11 is 0. The lowest BCUT2D eigenvalue weighted by molar-refractivity contribution is -0.143. The Morgan fingerprint density at radius 1 is 0.842 bits per heavy atom. The molecule has 0 aliphatic rings. The van der Waals surface area contributed by atoms with Crippen LogP contribution < -0.4 is 21.7 Å². The van der Waals surface area contributed by atoms with Gasteiger partial charge in [-0.1, -0.05) is 32.0 Å². The molecule has 14 nitrogen and oxygen atoms in total. The molecule has 3 amide bonds. The summed E-state index contributed by atoms with van der Waals surface area (Å²) in [5, 5.41) is 35.3. The molecule has 0 saturated heterocycles. The number of carboxylic acid groups (broad SMARTS) is 3. The van der Waals surface area contributed by atoms with E-state index in [1.54, 1.807) is 44.3 Å². The first-order valence-corrected chi connectivity index (χ1v) is 11.7. The van der Waals surface area contributed by atoms with Gasteiger partial charge in [0.15, 0.2) is 0 Å². The number of rotatable bonds is 14. The number of aliphatic carboxylic acids is 3. The number of carboxylic acids is 3. The van der Waals surface area contributed by atoms with E-state index in [0.717, 1.165) is 10.9 Å². The number of aromatic amines is 1. The Hall–Kier alpha value is -4.46. The van der Waals surface area contributed by atoms with Crippen LogP contribution in [0.15, 0.2) is 30.5 Å². The second-order valence-electron chi connectivity index (χ2n) is 9.06. The largest absolute Gasteiger partial charge is 0.481 e. The quantitative estimate of drug-likeness (QED) is 0.150. The van der Waals surface area contributed by atoms with Crippen LogP contribution in [0.1, 0.15) is 32.3 Å². The first kappa shape index (κ1) is 29.8. The molecule has 1 aromatic heterocycles. The molecule has 0 bridgehead atoms. The molecule has 0 aliphatic heterocycles. The highest BCUT2D eigenvalue weighted by atomic mass is 16.4. The molecule has 0 saturated carbocycles. The van der Waals surface area contributed by atoms with Crippen LogP contribution in [0.4, 0.5) is 0 Å². The van der Waals surface area contributed by atoms with Gasteiger partial charge in [-0.2, -0.15) is 0 Å². The molecule has 38 heavy (non-hydrogen) atoms. The number of H-pyrrole nitrogens is 1. The summed E-state index contributed by atoms with van der Waals surface area (Å²) in [7, 11) is 0. The van der Waals surface area contributed by atoms with E-state index >= 15 is 0 Å². The van der Waals surface area contributed by atoms with Gasteiger partial charge in [0.2, 0.25) is 17.7 Å². The van der Waals surface area contributed by atoms with Crippen molar-refractivity contribution in [1.29, 1.82) is 0 Å². The highest BCUT2D eigenvalue weighted by Gasteiger charge is 2.33. The Morgan fingerprint density at radius 3 is 2.03 bits per heavy atom. The van der Waals surface area contributed by atoms with E-state index in [0.29, 0.717) is 5.56 Å². The molecule has 0 spiro atoms. The van der Waals surface area contributed by atoms with Gasteiger partial charge >= 0.3 is 17.9 Å². The van der Waals surface area contributed by atoms with E-state index in [2.05, 4.69) is 20.9 Å². The minimum Gasteiger partial charge on any atom is -0.481 e. The van der Waals surface area contributed by atoms with E-state index in [-0.39, 0.29) is 6.42 Å². The highest BCUT2D eigenvalue weighted by Crippen LogP contribution is 2.19. The maximum atomic E-state index is 12.9. The lowest BCUT2D eigenvalue weighted by Crippen LogP contribution is -2.59. The Labute approximate surface area is 217 Å². The second-order valence-corrected chi connectivity index (χ2v) is 9.06. The summed E-state index contributed by atoms with van der Waals surface area (Å²) in [5.74, 6) is -7.60. The standard InChI is InChI=1S/C24H31N5O9/c1-11(2)20(29-21(34)14(25)8-18(30)31)23(36)27-16(9-19(32)33)22(35)28-17(24(37)38)7-12-10-26-15-6-4-3-5-13(12)15/h3-6,10-11,14,16-17,20,26H,7-9,25H2,1-2H3,(H,27,36)(H,28,35)(H,29,34)(H,30,31)(H,32,33)(H,37,38). The maximum absolute atomic E-state index is 12.9. The number of fused-ring (bicyclic) bond motifs is 1. The molecule has 206 valence electrons. The normalized spacial score (nSPS) is 14.2. The molecule has 14 heteroatoms. The zero-order chi connectivity index (χ0) is 28.6. The topological polar surface area (TPSA) is 241 Å². The summed E-state index contributed by atoms with van der Waals surface area (Å²) in [6, 6.07) is 1.30. The van der Waals surface area contributed by atoms with Crippen molar-refractivity contribution in [2.45, 2.75) is 57.3 Å². The van der Waals surface area contributed by atoms with Gasteiger partial charge in [-0.05, 0) is 17.5 Å². The van der Waals surface area contributed by atoms with E-state index < -0.39 is 78.6 Å². The van der Waals surface area contributed by atoms with Gasteiger partial charge in [0.25, 0.3) is 0 Å². The van der Waals surface area contributed by atoms with Crippen LogP contribution in [0.25, 0.3) is 10.9 Å². The van der Waals surface area contributed by atoms with Crippen molar-refractivity contribution >= 4 is 46.5 Å². The number of nitrogens with two attached hydrogens (primary N) is 1. The maximum Gasteiger partial charge on any atom is 0.326 e. The first-order chi connectivity index (χ1) is 17.8. The number of para-hydroxylation sites is 1. The van der Waals surface area contributed by atoms with E-state index in [9.17, 15) is 39.0 Å². The van der Waals surface area contributed by atoms with Gasteiger partial charge in [0.05, 0.1) is 18.9 Å².